The maximum atomic E-state index is 14.0. The summed E-state index contributed by atoms with van der Waals surface area (Å²) in [6, 6.07) is 11.0. The number of nitrogens with two attached hydrogens (primary N) is 1. The summed E-state index contributed by atoms with van der Waals surface area (Å²) in [5, 5.41) is 9.08. The van der Waals surface area contributed by atoms with Crippen LogP contribution >= 0.6 is 11.6 Å². The minimum Gasteiger partial charge on any atom is -0.382 e. The van der Waals surface area contributed by atoms with E-state index in [1.807, 2.05) is 0 Å². The van der Waals surface area contributed by atoms with Crippen LogP contribution in [0.3, 0.4) is 0 Å². The first-order chi connectivity index (χ1) is 16.4. The first kappa shape index (κ1) is 23.6. The largest absolute Gasteiger partial charge is 0.382 e. The van der Waals surface area contributed by atoms with E-state index in [1.165, 1.54) is 18.3 Å². The van der Waals surface area contributed by atoms with Crippen molar-refractivity contribution >= 4 is 29.2 Å². The third-order valence-electron chi connectivity index (χ3n) is 5.56. The summed E-state index contributed by atoms with van der Waals surface area (Å²) in [5.41, 5.74) is 7.47. The molecule has 34 heavy (non-hydrogen) atoms. The smallest absolute Gasteiger partial charge is 0.274 e. The van der Waals surface area contributed by atoms with E-state index in [4.69, 9.17) is 17.3 Å². The van der Waals surface area contributed by atoms with Crippen LogP contribution < -0.4 is 21.7 Å². The van der Waals surface area contributed by atoms with Gasteiger partial charge in [-0.15, -0.1) is 0 Å². The predicted octanol–water partition coefficient (Wildman–Crippen LogP) is 2.93. The van der Waals surface area contributed by atoms with E-state index in [0.29, 0.717) is 23.4 Å². The van der Waals surface area contributed by atoms with Crippen molar-refractivity contribution in [3.05, 3.63) is 76.3 Å². The summed E-state index contributed by atoms with van der Waals surface area (Å²) in [6.45, 7) is 1.56. The first-order valence-corrected chi connectivity index (χ1v) is 11.3. The second-order valence-corrected chi connectivity index (χ2v) is 8.38. The van der Waals surface area contributed by atoms with E-state index < -0.39 is 17.6 Å². The molecule has 4 rings (SSSR count). The summed E-state index contributed by atoms with van der Waals surface area (Å²) in [5.74, 6) is -1.27. The molecule has 1 aromatic heterocycles. The Balaban J connectivity index is 1.50. The Hall–Kier alpha value is -3.56. The molecule has 3 aromatic rings. The number of anilines is 1. The molecule has 8 nitrogen and oxygen atoms in total. The average molecular weight is 483 g/mol. The number of piperidine rings is 1. The predicted molar refractivity (Wildman–Crippen MR) is 128 cm³/mol. The number of nitrogens with zero attached hydrogens (tertiary/aromatic N) is 2. The van der Waals surface area contributed by atoms with Crippen molar-refractivity contribution in [2.24, 2.45) is 0 Å². The number of hydrogen-bond donors (Lipinski definition) is 4. The molecule has 2 heterocycles. The highest BCUT2D eigenvalue weighted by Gasteiger charge is 2.20. The van der Waals surface area contributed by atoms with Gasteiger partial charge in [-0.05, 0) is 43.7 Å². The van der Waals surface area contributed by atoms with Gasteiger partial charge in [0.15, 0.2) is 11.5 Å². The highest BCUT2D eigenvalue weighted by Crippen LogP contribution is 2.21. The molecule has 0 unspecified atom stereocenters. The molecule has 1 fully saturated rings. The first-order valence-electron chi connectivity index (χ1n) is 10.9. The number of carbonyl (C=O) groups is 2. The molecule has 0 bridgehead atoms. The summed E-state index contributed by atoms with van der Waals surface area (Å²) < 4.78 is 14.0. The van der Waals surface area contributed by atoms with Gasteiger partial charge in [0.05, 0.1) is 11.9 Å². The molecule has 0 saturated carbocycles. The highest BCUT2D eigenvalue weighted by molar-refractivity contribution is 6.31. The monoisotopic (exact) mass is 482 g/mol. The summed E-state index contributed by atoms with van der Waals surface area (Å²) >= 11 is 6.03. The van der Waals surface area contributed by atoms with Crippen molar-refractivity contribution in [2.75, 3.05) is 18.8 Å². The fourth-order valence-corrected chi connectivity index (χ4v) is 3.95. The molecule has 0 spiro atoms. The fraction of sp³-hybridized carbons (Fsp3) is 0.250. The number of amides is 2. The lowest BCUT2D eigenvalue weighted by molar-refractivity contribution is 0.0923. The van der Waals surface area contributed by atoms with Crippen molar-refractivity contribution < 1.29 is 14.0 Å². The number of nitrogens with one attached hydrogen (secondary N) is 3. The summed E-state index contributed by atoms with van der Waals surface area (Å²) in [4.78, 5) is 33.9. The Bertz CT molecular complexity index is 1200. The molecule has 1 aliphatic rings. The minimum absolute atomic E-state index is 0.00100. The van der Waals surface area contributed by atoms with Crippen molar-refractivity contribution in [3.63, 3.8) is 0 Å². The van der Waals surface area contributed by atoms with Crippen LogP contribution in [0, 0.1) is 5.82 Å². The number of rotatable bonds is 6. The van der Waals surface area contributed by atoms with Crippen LogP contribution in [0.4, 0.5) is 10.2 Å². The van der Waals surface area contributed by atoms with Gasteiger partial charge in [0.1, 0.15) is 5.82 Å². The van der Waals surface area contributed by atoms with E-state index in [0.717, 1.165) is 19.4 Å². The Morgan fingerprint density at radius 2 is 2.03 bits per heavy atom. The Kier molecular flexibility index (Phi) is 7.34. The van der Waals surface area contributed by atoms with Gasteiger partial charge >= 0.3 is 0 Å². The summed E-state index contributed by atoms with van der Waals surface area (Å²) in [6.07, 6.45) is 3.30. The van der Waals surface area contributed by atoms with Crippen LogP contribution in [-0.4, -0.2) is 40.9 Å². The number of aromatic nitrogens is 2. The number of nitrogen functional groups attached to an aromatic ring is 1. The van der Waals surface area contributed by atoms with Gasteiger partial charge in [-0.1, -0.05) is 29.8 Å². The quantitative estimate of drug-likeness (QED) is 0.428. The second kappa shape index (κ2) is 10.6. The van der Waals surface area contributed by atoms with Crippen LogP contribution in [0.5, 0.6) is 0 Å². The molecule has 0 radical (unpaired) electrons. The highest BCUT2D eigenvalue weighted by atomic mass is 35.5. The van der Waals surface area contributed by atoms with E-state index in [1.54, 1.807) is 30.3 Å². The Labute approximate surface area is 201 Å². The number of carbonyl (C=O) groups excluding carboxylic acids is 2. The van der Waals surface area contributed by atoms with Crippen molar-refractivity contribution in [1.82, 2.24) is 25.9 Å². The molecular formula is C24H24ClFN6O2. The molecule has 176 valence electrons. The zero-order valence-corrected chi connectivity index (χ0v) is 19.0. The number of benzene rings is 2. The molecule has 2 aromatic carbocycles. The zero-order valence-electron chi connectivity index (χ0n) is 18.3. The van der Waals surface area contributed by atoms with Gasteiger partial charge in [0.2, 0.25) is 0 Å². The van der Waals surface area contributed by atoms with Gasteiger partial charge in [-0.3, -0.25) is 9.59 Å². The zero-order chi connectivity index (χ0) is 24.1. The van der Waals surface area contributed by atoms with Gasteiger partial charge in [-0.2, -0.15) is 0 Å². The van der Waals surface area contributed by atoms with Crippen LogP contribution in [0.2, 0.25) is 5.02 Å². The van der Waals surface area contributed by atoms with Gasteiger partial charge in [-0.25, -0.2) is 14.4 Å². The second-order valence-electron chi connectivity index (χ2n) is 7.97. The van der Waals surface area contributed by atoms with Crippen LogP contribution in [-0.2, 0) is 6.54 Å². The lowest BCUT2D eigenvalue weighted by Crippen LogP contribution is -2.46. The number of halogens is 2. The van der Waals surface area contributed by atoms with Crippen molar-refractivity contribution in [2.45, 2.75) is 25.4 Å². The van der Waals surface area contributed by atoms with E-state index in [-0.39, 0.29) is 34.7 Å². The average Bonchev–Trinajstić information content (AvgIpc) is 2.84. The van der Waals surface area contributed by atoms with E-state index >= 15 is 0 Å². The molecule has 1 atom stereocenters. The summed E-state index contributed by atoms with van der Waals surface area (Å²) in [7, 11) is 0. The molecule has 5 N–H and O–H groups in total. The molecular weight excluding hydrogens is 459 g/mol. The molecule has 1 aliphatic heterocycles. The third kappa shape index (κ3) is 5.49. The van der Waals surface area contributed by atoms with Gasteiger partial charge < -0.3 is 21.7 Å². The Morgan fingerprint density at radius 1 is 1.21 bits per heavy atom. The fourth-order valence-electron chi connectivity index (χ4n) is 3.73. The lowest BCUT2D eigenvalue weighted by Gasteiger charge is -2.23. The maximum absolute atomic E-state index is 14.0. The van der Waals surface area contributed by atoms with Gasteiger partial charge in [0, 0.05) is 40.8 Å². The van der Waals surface area contributed by atoms with Crippen molar-refractivity contribution in [1.29, 1.82) is 0 Å². The van der Waals surface area contributed by atoms with Crippen LogP contribution in [0.25, 0.3) is 11.3 Å². The molecule has 1 saturated heterocycles. The topological polar surface area (TPSA) is 122 Å². The minimum atomic E-state index is -0.492. The van der Waals surface area contributed by atoms with Crippen molar-refractivity contribution in [3.8, 4) is 11.3 Å². The van der Waals surface area contributed by atoms with E-state index in [2.05, 4.69) is 25.9 Å². The van der Waals surface area contributed by atoms with Crippen LogP contribution in [0.1, 0.15) is 39.3 Å². The standard InChI is InChI=1S/C24H24ClFN6O2/c25-18-7-2-8-19(26)17(18)12-30-23(33)15-5-1-4-14(10-15)20-13-29-22(27)21(32-20)24(34)31-16-6-3-9-28-11-16/h1-2,4-5,7-8,10,13,16,28H,3,6,9,11-12H2,(H2,27,29)(H,30,33)(H,31,34)/t16-/m0/s1. The third-order valence-corrected chi connectivity index (χ3v) is 5.91. The maximum Gasteiger partial charge on any atom is 0.274 e. The molecule has 0 aliphatic carbocycles. The number of hydrogen-bond acceptors (Lipinski definition) is 6. The SMILES string of the molecule is Nc1ncc(-c2cccc(C(=O)NCc3c(F)cccc3Cl)c2)nc1C(=O)N[C@H]1CCCNC1. The van der Waals surface area contributed by atoms with Gasteiger partial charge in [0.25, 0.3) is 11.8 Å². The normalized spacial score (nSPS) is 15.5. The Morgan fingerprint density at radius 3 is 2.79 bits per heavy atom. The lowest BCUT2D eigenvalue weighted by atomic mass is 10.1. The molecule has 2 amide bonds. The van der Waals surface area contributed by atoms with Crippen LogP contribution in [0.15, 0.2) is 48.7 Å². The molecule has 10 heteroatoms. The van der Waals surface area contributed by atoms with E-state index in [9.17, 15) is 14.0 Å².